The quantitative estimate of drug-likeness (QED) is 0.368. The maximum Gasteiger partial charge on any atom is 0.315 e. The molecule has 0 atom stereocenters. The summed E-state index contributed by atoms with van der Waals surface area (Å²) in [5, 5.41) is 5.51. The van der Waals surface area contributed by atoms with Gasteiger partial charge < -0.3 is 15.4 Å². The highest BCUT2D eigenvalue weighted by Crippen LogP contribution is 2.17. The van der Waals surface area contributed by atoms with Crippen molar-refractivity contribution in [3.8, 4) is 5.75 Å². The number of hydrogen-bond acceptors (Lipinski definition) is 4. The number of carbonyl (C=O) groups is 3. The lowest BCUT2D eigenvalue weighted by Gasteiger charge is -2.10. The zero-order valence-corrected chi connectivity index (χ0v) is 18.7. The Morgan fingerprint density at radius 1 is 0.794 bits per heavy atom. The second kappa shape index (κ2) is 12.2. The fourth-order valence-corrected chi connectivity index (χ4v) is 2.83. The summed E-state index contributed by atoms with van der Waals surface area (Å²) in [6.45, 7) is 0.136. The van der Waals surface area contributed by atoms with Crippen LogP contribution in [0.1, 0.15) is 21.5 Å². The van der Waals surface area contributed by atoms with Gasteiger partial charge in [0, 0.05) is 17.1 Å². The Labute approximate surface area is 200 Å². The molecule has 0 heterocycles. The third-order valence-corrected chi connectivity index (χ3v) is 4.78. The lowest BCUT2D eigenvalue weighted by atomic mass is 10.1. The molecule has 0 saturated heterocycles. The summed E-state index contributed by atoms with van der Waals surface area (Å²) >= 11 is 5.84. The first-order valence-electron chi connectivity index (χ1n) is 10.2. The van der Waals surface area contributed by atoms with Crippen molar-refractivity contribution < 1.29 is 23.5 Å². The molecule has 176 valence electrons. The molecule has 4 amide bonds. The summed E-state index contributed by atoms with van der Waals surface area (Å²) < 4.78 is 18.5. The third kappa shape index (κ3) is 8.10. The van der Waals surface area contributed by atoms with Crippen molar-refractivity contribution in [2.24, 2.45) is 0 Å². The predicted molar refractivity (Wildman–Crippen MR) is 124 cm³/mol. The first-order chi connectivity index (χ1) is 16.4. The Morgan fingerprint density at radius 3 is 2.12 bits per heavy atom. The molecule has 0 spiro atoms. The van der Waals surface area contributed by atoms with Crippen LogP contribution in [0.15, 0.2) is 72.8 Å². The number of carbonyl (C=O) groups excluding carboxylic acids is 3. The van der Waals surface area contributed by atoms with Crippen LogP contribution in [0.2, 0.25) is 5.02 Å². The number of urea groups is 1. The zero-order chi connectivity index (χ0) is 24.3. The Hall–Kier alpha value is -4.11. The van der Waals surface area contributed by atoms with Crippen molar-refractivity contribution in [2.45, 2.75) is 13.2 Å². The van der Waals surface area contributed by atoms with Crippen LogP contribution in [0.4, 0.5) is 9.18 Å². The van der Waals surface area contributed by atoms with Gasteiger partial charge in [0.05, 0.1) is 0 Å². The average Bonchev–Trinajstić information content (AvgIpc) is 2.85. The van der Waals surface area contributed by atoms with Crippen molar-refractivity contribution in [2.75, 3.05) is 6.54 Å². The van der Waals surface area contributed by atoms with Gasteiger partial charge in [0.1, 0.15) is 24.7 Å². The van der Waals surface area contributed by atoms with Gasteiger partial charge in [0.15, 0.2) is 0 Å². The van der Waals surface area contributed by atoms with Crippen molar-refractivity contribution in [1.29, 1.82) is 0 Å². The molecule has 0 bridgehead atoms. The molecule has 4 N–H and O–H groups in total. The number of rotatable bonds is 8. The van der Waals surface area contributed by atoms with Crippen LogP contribution in [0.25, 0.3) is 0 Å². The molecular formula is C24H22ClFN4O4. The van der Waals surface area contributed by atoms with E-state index in [0.29, 0.717) is 28.5 Å². The van der Waals surface area contributed by atoms with E-state index >= 15 is 0 Å². The van der Waals surface area contributed by atoms with Crippen molar-refractivity contribution in [3.63, 3.8) is 0 Å². The number of hydrazine groups is 1. The van der Waals surface area contributed by atoms with E-state index in [2.05, 4.69) is 21.5 Å². The van der Waals surface area contributed by atoms with E-state index in [1.54, 1.807) is 48.5 Å². The molecule has 0 saturated carbocycles. The van der Waals surface area contributed by atoms with Crippen LogP contribution in [-0.2, 0) is 17.9 Å². The van der Waals surface area contributed by atoms with Gasteiger partial charge in [0.25, 0.3) is 11.8 Å². The van der Waals surface area contributed by atoms with E-state index in [9.17, 15) is 18.8 Å². The summed E-state index contributed by atoms with van der Waals surface area (Å²) in [6.07, 6.45) is 0. The minimum absolute atomic E-state index is 0.172. The minimum atomic E-state index is -0.613. The number of benzene rings is 3. The van der Waals surface area contributed by atoms with Crippen LogP contribution in [-0.4, -0.2) is 24.4 Å². The molecule has 0 aliphatic heterocycles. The molecule has 3 aromatic rings. The molecule has 0 aliphatic rings. The first-order valence-corrected chi connectivity index (χ1v) is 10.6. The van der Waals surface area contributed by atoms with Crippen LogP contribution in [0, 0.1) is 5.82 Å². The number of nitrogens with one attached hydrogen (secondary N) is 4. The standard InChI is InChI=1S/C24H22ClFN4O4/c25-19-7-11-21(12-8-19)34-15-17-1-5-18(6-2-17)23(32)30-29-22(31)14-28-24(33)27-13-16-3-9-20(26)10-4-16/h1-12H,13-15H2,(H,29,31)(H,30,32)(H2,27,28,33). The molecule has 34 heavy (non-hydrogen) atoms. The monoisotopic (exact) mass is 484 g/mol. The van der Waals surface area contributed by atoms with Gasteiger partial charge in [-0.05, 0) is 59.7 Å². The number of amides is 4. The van der Waals surface area contributed by atoms with Crippen molar-refractivity contribution in [3.05, 3.63) is 100 Å². The van der Waals surface area contributed by atoms with Crippen LogP contribution >= 0.6 is 11.6 Å². The zero-order valence-electron chi connectivity index (χ0n) is 17.9. The second-order valence-electron chi connectivity index (χ2n) is 7.10. The second-order valence-corrected chi connectivity index (χ2v) is 7.54. The lowest BCUT2D eigenvalue weighted by molar-refractivity contribution is -0.120. The van der Waals surface area contributed by atoms with Gasteiger partial charge in [-0.3, -0.25) is 20.4 Å². The largest absolute Gasteiger partial charge is 0.489 e. The van der Waals surface area contributed by atoms with Gasteiger partial charge in [-0.25, -0.2) is 9.18 Å². The first kappa shape index (κ1) is 24.5. The predicted octanol–water partition coefficient (Wildman–Crippen LogP) is 3.32. The highest BCUT2D eigenvalue weighted by atomic mass is 35.5. The Bertz CT molecular complexity index is 1120. The maximum absolute atomic E-state index is 12.9. The van der Waals surface area contributed by atoms with E-state index in [0.717, 1.165) is 5.56 Å². The normalized spacial score (nSPS) is 10.2. The minimum Gasteiger partial charge on any atom is -0.489 e. The molecule has 0 unspecified atom stereocenters. The fourth-order valence-electron chi connectivity index (χ4n) is 2.70. The van der Waals surface area contributed by atoms with E-state index in [1.807, 2.05) is 0 Å². The summed E-state index contributed by atoms with van der Waals surface area (Å²) in [6, 6.07) is 18.7. The molecule has 3 aromatic carbocycles. The van der Waals surface area contributed by atoms with Crippen molar-refractivity contribution >= 4 is 29.4 Å². The van der Waals surface area contributed by atoms with Gasteiger partial charge >= 0.3 is 6.03 Å². The Balaban J connectivity index is 1.34. The number of ether oxygens (including phenoxy) is 1. The number of halogens is 2. The molecule has 0 radical (unpaired) electrons. The van der Waals surface area contributed by atoms with Gasteiger partial charge in [-0.1, -0.05) is 35.9 Å². The number of hydrogen-bond donors (Lipinski definition) is 4. The molecule has 0 fully saturated rings. The molecular weight excluding hydrogens is 463 g/mol. The summed E-state index contributed by atoms with van der Waals surface area (Å²) in [5.41, 5.74) is 6.39. The van der Waals surface area contributed by atoms with E-state index in [1.165, 1.54) is 24.3 Å². The SMILES string of the molecule is O=C(CNC(=O)NCc1ccc(F)cc1)NNC(=O)c1ccc(COc2ccc(Cl)cc2)cc1. The smallest absolute Gasteiger partial charge is 0.315 e. The summed E-state index contributed by atoms with van der Waals surface area (Å²) in [5.74, 6) is -0.824. The van der Waals surface area contributed by atoms with Gasteiger partial charge in [-0.2, -0.15) is 0 Å². The fraction of sp³-hybridized carbons (Fsp3) is 0.125. The third-order valence-electron chi connectivity index (χ3n) is 4.53. The molecule has 3 rings (SSSR count). The Kier molecular flexibility index (Phi) is 8.81. The summed E-state index contributed by atoms with van der Waals surface area (Å²) in [4.78, 5) is 35.8. The molecule has 0 aliphatic carbocycles. The van der Waals surface area contributed by atoms with Crippen LogP contribution < -0.4 is 26.2 Å². The van der Waals surface area contributed by atoms with E-state index in [4.69, 9.17) is 16.3 Å². The van der Waals surface area contributed by atoms with Crippen LogP contribution in [0.5, 0.6) is 5.75 Å². The molecule has 8 nitrogen and oxygen atoms in total. The molecule has 0 aromatic heterocycles. The lowest BCUT2D eigenvalue weighted by Crippen LogP contribution is -2.47. The maximum atomic E-state index is 12.9. The topological polar surface area (TPSA) is 109 Å². The Morgan fingerprint density at radius 2 is 1.44 bits per heavy atom. The highest BCUT2D eigenvalue weighted by molar-refractivity contribution is 6.30. The van der Waals surface area contributed by atoms with Gasteiger partial charge in [0.2, 0.25) is 0 Å². The van der Waals surface area contributed by atoms with E-state index < -0.39 is 17.8 Å². The summed E-state index contributed by atoms with van der Waals surface area (Å²) in [7, 11) is 0. The average molecular weight is 485 g/mol. The molecule has 10 heteroatoms. The van der Waals surface area contributed by atoms with E-state index in [-0.39, 0.29) is 18.9 Å². The van der Waals surface area contributed by atoms with Gasteiger partial charge in [-0.15, -0.1) is 0 Å². The van der Waals surface area contributed by atoms with Crippen molar-refractivity contribution in [1.82, 2.24) is 21.5 Å². The van der Waals surface area contributed by atoms with Crippen LogP contribution in [0.3, 0.4) is 0 Å². The highest BCUT2D eigenvalue weighted by Gasteiger charge is 2.09.